The molecule has 106 valence electrons. The maximum absolute atomic E-state index is 12.0. The van der Waals surface area contributed by atoms with Crippen molar-refractivity contribution in [2.75, 3.05) is 13.7 Å². The van der Waals surface area contributed by atoms with E-state index in [1.165, 1.54) is 0 Å². The standard InChI is InChI=1S/C13H26N2O3/c1-9(7-13(2,3)17-4)15-12(16)11-6-5-10(8-14)18-11/h9-11H,5-8,14H2,1-4H3,(H,15,16)/t9?,10-,11+/m1/s1. The minimum absolute atomic E-state index is 0.0338. The number of rotatable bonds is 6. The number of carbonyl (C=O) groups excluding carboxylic acids is 1. The molecular formula is C13H26N2O3. The molecule has 3 N–H and O–H groups in total. The highest BCUT2D eigenvalue weighted by atomic mass is 16.5. The molecule has 1 heterocycles. The lowest BCUT2D eigenvalue weighted by Gasteiger charge is -2.27. The molecule has 0 radical (unpaired) electrons. The maximum Gasteiger partial charge on any atom is 0.249 e. The van der Waals surface area contributed by atoms with Crippen LogP contribution < -0.4 is 11.1 Å². The summed E-state index contributed by atoms with van der Waals surface area (Å²) in [6.45, 7) is 6.47. The molecule has 1 saturated heterocycles. The first-order chi connectivity index (χ1) is 8.38. The Hall–Kier alpha value is -0.650. The van der Waals surface area contributed by atoms with Gasteiger partial charge in [-0.3, -0.25) is 4.79 Å². The lowest BCUT2D eigenvalue weighted by Crippen LogP contribution is -2.43. The van der Waals surface area contributed by atoms with E-state index in [2.05, 4.69) is 5.32 Å². The normalized spacial score (nSPS) is 26.1. The predicted molar refractivity (Wildman–Crippen MR) is 70.3 cm³/mol. The summed E-state index contributed by atoms with van der Waals surface area (Å²) in [5, 5.41) is 2.97. The van der Waals surface area contributed by atoms with Gasteiger partial charge in [-0.15, -0.1) is 0 Å². The van der Waals surface area contributed by atoms with Gasteiger partial charge in [-0.05, 0) is 40.0 Å². The van der Waals surface area contributed by atoms with Crippen LogP contribution in [0.1, 0.15) is 40.0 Å². The van der Waals surface area contributed by atoms with E-state index >= 15 is 0 Å². The molecule has 1 aliphatic rings. The van der Waals surface area contributed by atoms with Crippen molar-refractivity contribution in [3.8, 4) is 0 Å². The molecule has 0 aromatic rings. The molecule has 0 saturated carbocycles. The predicted octanol–water partition coefficient (Wildman–Crippen LogP) is 0.813. The number of carbonyl (C=O) groups is 1. The molecule has 0 bridgehead atoms. The molecule has 0 spiro atoms. The van der Waals surface area contributed by atoms with Gasteiger partial charge < -0.3 is 20.5 Å². The molecule has 0 aromatic carbocycles. The highest BCUT2D eigenvalue weighted by Gasteiger charge is 2.31. The van der Waals surface area contributed by atoms with Gasteiger partial charge in [0.05, 0.1) is 11.7 Å². The second kappa shape index (κ2) is 6.50. The third-order valence-corrected chi connectivity index (χ3v) is 3.40. The second-order valence-corrected chi connectivity index (χ2v) is 5.64. The summed E-state index contributed by atoms with van der Waals surface area (Å²) >= 11 is 0. The van der Waals surface area contributed by atoms with Gasteiger partial charge >= 0.3 is 0 Å². The molecule has 18 heavy (non-hydrogen) atoms. The zero-order valence-electron chi connectivity index (χ0n) is 11.9. The second-order valence-electron chi connectivity index (χ2n) is 5.64. The van der Waals surface area contributed by atoms with Crippen molar-refractivity contribution in [1.82, 2.24) is 5.32 Å². The topological polar surface area (TPSA) is 73.6 Å². The van der Waals surface area contributed by atoms with Crippen molar-refractivity contribution in [3.63, 3.8) is 0 Å². The fourth-order valence-electron chi connectivity index (χ4n) is 2.28. The summed E-state index contributed by atoms with van der Waals surface area (Å²) in [6, 6.07) is 0.0629. The van der Waals surface area contributed by atoms with E-state index in [0.717, 1.165) is 19.3 Å². The van der Waals surface area contributed by atoms with Crippen molar-refractivity contribution in [2.24, 2.45) is 5.73 Å². The number of ether oxygens (including phenoxy) is 2. The van der Waals surface area contributed by atoms with Gasteiger partial charge in [0, 0.05) is 19.7 Å². The molecule has 0 aliphatic carbocycles. The highest BCUT2D eigenvalue weighted by Crippen LogP contribution is 2.20. The number of amides is 1. The Morgan fingerprint density at radius 2 is 2.22 bits per heavy atom. The van der Waals surface area contributed by atoms with Crippen LogP contribution in [0.5, 0.6) is 0 Å². The molecule has 1 aliphatic heterocycles. The van der Waals surface area contributed by atoms with E-state index in [4.69, 9.17) is 15.2 Å². The number of nitrogens with one attached hydrogen (secondary N) is 1. The van der Waals surface area contributed by atoms with Crippen LogP contribution in [0, 0.1) is 0 Å². The van der Waals surface area contributed by atoms with Gasteiger partial charge in [-0.2, -0.15) is 0 Å². The van der Waals surface area contributed by atoms with Crippen LogP contribution in [0.3, 0.4) is 0 Å². The summed E-state index contributed by atoms with van der Waals surface area (Å²) in [5.74, 6) is -0.0367. The zero-order chi connectivity index (χ0) is 13.8. The van der Waals surface area contributed by atoms with Gasteiger partial charge in [0.1, 0.15) is 6.10 Å². The molecule has 0 aromatic heterocycles. The number of hydrogen-bond acceptors (Lipinski definition) is 4. The minimum atomic E-state index is -0.341. The third kappa shape index (κ3) is 4.55. The Kier molecular flexibility index (Phi) is 5.56. The van der Waals surface area contributed by atoms with Gasteiger partial charge in [0.25, 0.3) is 0 Å². The lowest BCUT2D eigenvalue weighted by atomic mass is 9.99. The van der Waals surface area contributed by atoms with Crippen molar-refractivity contribution in [1.29, 1.82) is 0 Å². The summed E-state index contributed by atoms with van der Waals surface area (Å²) in [6.07, 6.45) is 2.08. The average Bonchev–Trinajstić information content (AvgIpc) is 2.76. The van der Waals surface area contributed by atoms with E-state index in [9.17, 15) is 4.79 Å². The lowest BCUT2D eigenvalue weighted by molar-refractivity contribution is -0.132. The van der Waals surface area contributed by atoms with E-state index in [1.807, 2.05) is 20.8 Å². The Labute approximate surface area is 109 Å². The molecule has 1 amide bonds. The number of nitrogens with two attached hydrogens (primary N) is 1. The smallest absolute Gasteiger partial charge is 0.249 e. The van der Waals surface area contributed by atoms with E-state index in [1.54, 1.807) is 7.11 Å². The largest absolute Gasteiger partial charge is 0.379 e. The third-order valence-electron chi connectivity index (χ3n) is 3.40. The van der Waals surface area contributed by atoms with E-state index in [0.29, 0.717) is 6.54 Å². The first-order valence-corrected chi connectivity index (χ1v) is 6.59. The Bertz CT molecular complexity index is 281. The minimum Gasteiger partial charge on any atom is -0.379 e. The molecule has 5 heteroatoms. The van der Waals surface area contributed by atoms with Crippen molar-refractivity contribution < 1.29 is 14.3 Å². The molecule has 5 nitrogen and oxygen atoms in total. The summed E-state index contributed by atoms with van der Waals surface area (Å²) in [5.41, 5.74) is 5.29. The summed E-state index contributed by atoms with van der Waals surface area (Å²) in [4.78, 5) is 12.0. The van der Waals surface area contributed by atoms with E-state index in [-0.39, 0.29) is 29.8 Å². The number of methoxy groups -OCH3 is 1. The van der Waals surface area contributed by atoms with Crippen LogP contribution >= 0.6 is 0 Å². The fraction of sp³-hybridized carbons (Fsp3) is 0.923. The SMILES string of the molecule is COC(C)(C)CC(C)NC(=O)[C@@H]1CC[C@H](CN)O1. The zero-order valence-corrected chi connectivity index (χ0v) is 11.9. The Morgan fingerprint density at radius 1 is 1.56 bits per heavy atom. The van der Waals surface area contributed by atoms with Gasteiger partial charge in [0.2, 0.25) is 5.91 Å². The fourth-order valence-corrected chi connectivity index (χ4v) is 2.28. The molecular weight excluding hydrogens is 232 g/mol. The molecule has 3 atom stereocenters. The summed E-state index contributed by atoms with van der Waals surface area (Å²) < 4.78 is 10.9. The first kappa shape index (κ1) is 15.4. The van der Waals surface area contributed by atoms with Crippen LogP contribution in [0.25, 0.3) is 0 Å². The van der Waals surface area contributed by atoms with E-state index < -0.39 is 0 Å². The quantitative estimate of drug-likeness (QED) is 0.739. The van der Waals surface area contributed by atoms with Gasteiger partial charge in [0.15, 0.2) is 0 Å². The van der Waals surface area contributed by atoms with Crippen LogP contribution in [-0.4, -0.2) is 43.4 Å². The Morgan fingerprint density at radius 3 is 2.72 bits per heavy atom. The number of hydrogen-bond donors (Lipinski definition) is 2. The van der Waals surface area contributed by atoms with Crippen molar-refractivity contribution >= 4 is 5.91 Å². The van der Waals surface area contributed by atoms with Crippen LogP contribution in [-0.2, 0) is 14.3 Å². The van der Waals surface area contributed by atoms with Crippen LogP contribution in [0.2, 0.25) is 0 Å². The highest BCUT2D eigenvalue weighted by molar-refractivity contribution is 5.81. The maximum atomic E-state index is 12.0. The van der Waals surface area contributed by atoms with Crippen LogP contribution in [0.4, 0.5) is 0 Å². The van der Waals surface area contributed by atoms with Crippen molar-refractivity contribution in [2.45, 2.75) is 63.9 Å². The Balaban J connectivity index is 2.36. The summed E-state index contributed by atoms with van der Waals surface area (Å²) in [7, 11) is 1.68. The van der Waals surface area contributed by atoms with Crippen LogP contribution in [0.15, 0.2) is 0 Å². The van der Waals surface area contributed by atoms with Crippen molar-refractivity contribution in [3.05, 3.63) is 0 Å². The van der Waals surface area contributed by atoms with Gasteiger partial charge in [-0.1, -0.05) is 0 Å². The monoisotopic (exact) mass is 258 g/mol. The molecule has 1 unspecified atom stereocenters. The first-order valence-electron chi connectivity index (χ1n) is 6.59. The van der Waals surface area contributed by atoms with Gasteiger partial charge in [-0.25, -0.2) is 0 Å². The molecule has 1 rings (SSSR count). The average molecular weight is 258 g/mol. The molecule has 1 fully saturated rings.